The summed E-state index contributed by atoms with van der Waals surface area (Å²) in [5, 5.41) is 0. The van der Waals surface area contributed by atoms with Crippen LogP contribution >= 0.6 is 0 Å². The van der Waals surface area contributed by atoms with E-state index < -0.39 is 10.0 Å². The number of pyridine rings is 2. The van der Waals surface area contributed by atoms with Crippen molar-refractivity contribution in [3.63, 3.8) is 0 Å². The number of sulfonamides is 1. The number of methoxy groups -OCH3 is 1. The first-order valence-corrected chi connectivity index (χ1v) is 16.8. The number of morpholine rings is 1. The lowest BCUT2D eigenvalue weighted by Crippen LogP contribution is -2.48. The molecule has 0 aliphatic carbocycles. The number of anilines is 2. The first-order valence-electron chi connectivity index (χ1n) is 15.3. The van der Waals surface area contributed by atoms with Gasteiger partial charge in [0, 0.05) is 70.2 Å². The molecule has 2 aliphatic rings. The van der Waals surface area contributed by atoms with Crippen molar-refractivity contribution in [3.05, 3.63) is 60.2 Å². The minimum absolute atomic E-state index is 0.0182. The van der Waals surface area contributed by atoms with Crippen LogP contribution in [0.15, 0.2) is 53.7 Å². The normalized spacial score (nSPS) is 16.8. The van der Waals surface area contributed by atoms with Crippen LogP contribution in [0.5, 0.6) is 5.88 Å². The Hall–Kier alpha value is -3.32. The van der Waals surface area contributed by atoms with E-state index in [1.807, 2.05) is 17.9 Å². The summed E-state index contributed by atoms with van der Waals surface area (Å²) in [4.78, 5) is 15.6. The van der Waals surface area contributed by atoms with E-state index in [0.29, 0.717) is 67.9 Å². The summed E-state index contributed by atoms with van der Waals surface area (Å²) in [5.41, 5.74) is 2.66. The van der Waals surface area contributed by atoms with Crippen LogP contribution in [-0.2, 0) is 21.3 Å². The Morgan fingerprint density at radius 2 is 1.77 bits per heavy atom. The van der Waals surface area contributed by atoms with Crippen LogP contribution in [0.2, 0.25) is 0 Å². The summed E-state index contributed by atoms with van der Waals surface area (Å²) >= 11 is 0. The van der Waals surface area contributed by atoms with Crippen molar-refractivity contribution in [3.8, 4) is 17.1 Å². The second-order valence-electron chi connectivity index (χ2n) is 11.5. The second-order valence-corrected chi connectivity index (χ2v) is 13.3. The number of halogens is 1. The molecule has 44 heavy (non-hydrogen) atoms. The van der Waals surface area contributed by atoms with E-state index in [1.165, 1.54) is 17.6 Å². The highest BCUT2D eigenvalue weighted by Gasteiger charge is 2.30. The molecule has 0 unspecified atom stereocenters. The lowest BCUT2D eigenvalue weighted by atomic mass is 10.1. The molecule has 0 saturated carbocycles. The smallest absolute Gasteiger partial charge is 0.269 e. The molecule has 10 nitrogen and oxygen atoms in total. The molecule has 2 saturated heterocycles. The average molecular weight is 627 g/mol. The Labute approximate surface area is 260 Å². The summed E-state index contributed by atoms with van der Waals surface area (Å²) in [7, 11) is -2.70. The van der Waals surface area contributed by atoms with Gasteiger partial charge in [0.15, 0.2) is 4.90 Å². The molecule has 2 aliphatic heterocycles. The topological polar surface area (TPSA) is 91.3 Å². The number of hydrogen-bond donors (Lipinski definition) is 0. The Kier molecular flexibility index (Phi) is 10.3. The quantitative estimate of drug-likeness (QED) is 0.310. The van der Waals surface area contributed by atoms with Crippen LogP contribution in [0.3, 0.4) is 0 Å². The number of aromatic nitrogens is 2. The molecule has 5 rings (SSSR count). The lowest BCUT2D eigenvalue weighted by molar-refractivity contribution is 0.104. The SMILES string of the molecule is CCCN(c1ccnc(-c2ccc(CN3CCN(C(C)C)CC3)cc2F)c1)S(=O)(=O)c1cc(N2CCOCC2)cnc1OC. The first-order chi connectivity index (χ1) is 21.2. The van der Waals surface area contributed by atoms with E-state index in [2.05, 4.69) is 33.6 Å². The highest BCUT2D eigenvalue weighted by atomic mass is 32.2. The predicted octanol–water partition coefficient (Wildman–Crippen LogP) is 4.26. The van der Waals surface area contributed by atoms with Crippen molar-refractivity contribution in [1.82, 2.24) is 19.8 Å². The summed E-state index contributed by atoms with van der Waals surface area (Å²) < 4.78 is 56.1. The number of piperazine rings is 1. The molecular formula is C32H43FN6O4S. The lowest BCUT2D eigenvalue weighted by Gasteiger charge is -2.36. The Morgan fingerprint density at radius 3 is 2.43 bits per heavy atom. The van der Waals surface area contributed by atoms with Gasteiger partial charge in [-0.2, -0.15) is 0 Å². The van der Waals surface area contributed by atoms with Gasteiger partial charge in [0.05, 0.1) is 43.6 Å². The largest absolute Gasteiger partial charge is 0.480 e. The van der Waals surface area contributed by atoms with Crippen molar-refractivity contribution >= 4 is 21.4 Å². The summed E-state index contributed by atoms with van der Waals surface area (Å²) in [6.07, 6.45) is 3.70. The van der Waals surface area contributed by atoms with Crippen molar-refractivity contribution in [2.24, 2.45) is 0 Å². The molecule has 3 aromatic rings. The monoisotopic (exact) mass is 626 g/mol. The van der Waals surface area contributed by atoms with Crippen molar-refractivity contribution in [2.45, 2.75) is 44.7 Å². The zero-order valence-corrected chi connectivity index (χ0v) is 26.9. The highest BCUT2D eigenvalue weighted by Crippen LogP contribution is 2.34. The van der Waals surface area contributed by atoms with Gasteiger partial charge in [-0.15, -0.1) is 0 Å². The van der Waals surface area contributed by atoms with E-state index in [4.69, 9.17) is 9.47 Å². The third-order valence-corrected chi connectivity index (χ3v) is 10.1. The van der Waals surface area contributed by atoms with Gasteiger partial charge in [-0.05, 0) is 56.2 Å². The predicted molar refractivity (Wildman–Crippen MR) is 170 cm³/mol. The fourth-order valence-electron chi connectivity index (χ4n) is 5.75. The molecule has 0 amide bonds. The molecule has 2 fully saturated rings. The zero-order valence-electron chi connectivity index (χ0n) is 26.1. The number of ether oxygens (including phenoxy) is 2. The Morgan fingerprint density at radius 1 is 1.02 bits per heavy atom. The molecule has 2 aromatic heterocycles. The molecule has 1 aromatic carbocycles. The fourth-order valence-corrected chi connectivity index (χ4v) is 7.42. The van der Waals surface area contributed by atoms with Crippen LogP contribution in [0.4, 0.5) is 15.8 Å². The van der Waals surface area contributed by atoms with Gasteiger partial charge >= 0.3 is 0 Å². The molecule has 0 spiro atoms. The van der Waals surface area contributed by atoms with Gasteiger partial charge < -0.3 is 14.4 Å². The van der Waals surface area contributed by atoms with Gasteiger partial charge in [-0.1, -0.05) is 13.0 Å². The minimum Gasteiger partial charge on any atom is -0.480 e. The van der Waals surface area contributed by atoms with Gasteiger partial charge in [-0.3, -0.25) is 19.1 Å². The van der Waals surface area contributed by atoms with Gasteiger partial charge in [0.1, 0.15) is 5.82 Å². The van der Waals surface area contributed by atoms with Crippen molar-refractivity contribution in [1.29, 1.82) is 0 Å². The van der Waals surface area contributed by atoms with Gasteiger partial charge in [-0.25, -0.2) is 17.8 Å². The van der Waals surface area contributed by atoms with E-state index in [1.54, 1.807) is 36.5 Å². The third-order valence-electron chi connectivity index (χ3n) is 8.25. The van der Waals surface area contributed by atoms with E-state index in [9.17, 15) is 8.42 Å². The Balaban J connectivity index is 1.40. The molecule has 12 heteroatoms. The molecule has 0 bridgehead atoms. The standard InChI is InChI=1S/C32H43FN6O4S/c1-5-10-39(44(40,41)31-21-27(22-35-32(31)42-4)38-15-17-43-18-16-38)26-8-9-34-30(20-26)28-7-6-25(19-29(28)33)23-36-11-13-37(14-12-36)24(2)3/h6-9,19-22,24H,5,10-18,23H2,1-4H3. The summed E-state index contributed by atoms with van der Waals surface area (Å²) in [6, 6.07) is 10.6. The average Bonchev–Trinajstić information content (AvgIpc) is 3.04. The zero-order chi connectivity index (χ0) is 31.3. The number of nitrogens with zero attached hydrogens (tertiary/aromatic N) is 6. The van der Waals surface area contributed by atoms with Crippen LogP contribution in [0, 0.1) is 5.82 Å². The van der Waals surface area contributed by atoms with Crippen molar-refractivity contribution in [2.75, 3.05) is 75.3 Å². The maximum Gasteiger partial charge on any atom is 0.269 e. The molecule has 0 N–H and O–H groups in total. The van der Waals surface area contributed by atoms with Crippen LogP contribution in [-0.4, -0.2) is 100 Å². The highest BCUT2D eigenvalue weighted by molar-refractivity contribution is 7.93. The summed E-state index contributed by atoms with van der Waals surface area (Å²) in [6.45, 7) is 13.5. The fraction of sp³-hybridized carbons (Fsp3) is 0.500. The first kappa shape index (κ1) is 32.1. The van der Waals surface area contributed by atoms with Crippen LogP contribution in [0.1, 0.15) is 32.8 Å². The number of hydrogen-bond acceptors (Lipinski definition) is 9. The summed E-state index contributed by atoms with van der Waals surface area (Å²) in [5.74, 6) is -0.369. The molecule has 0 atom stereocenters. The van der Waals surface area contributed by atoms with Crippen LogP contribution in [0.25, 0.3) is 11.3 Å². The molecule has 0 radical (unpaired) electrons. The maximum absolute atomic E-state index is 15.5. The molecule has 4 heterocycles. The molecular weight excluding hydrogens is 583 g/mol. The Bertz CT molecular complexity index is 1520. The van der Waals surface area contributed by atoms with Crippen LogP contribution < -0.4 is 13.9 Å². The molecule has 238 valence electrons. The maximum atomic E-state index is 15.5. The minimum atomic E-state index is -4.10. The van der Waals surface area contributed by atoms with Crippen molar-refractivity contribution < 1.29 is 22.3 Å². The van der Waals surface area contributed by atoms with E-state index >= 15 is 4.39 Å². The van der Waals surface area contributed by atoms with E-state index in [-0.39, 0.29) is 23.1 Å². The second kappa shape index (κ2) is 14.2. The van der Waals surface area contributed by atoms with Gasteiger partial charge in [0.2, 0.25) is 5.88 Å². The number of rotatable bonds is 11. The third kappa shape index (κ3) is 7.14. The number of benzene rings is 1. The van der Waals surface area contributed by atoms with E-state index in [0.717, 1.165) is 31.7 Å². The van der Waals surface area contributed by atoms with Gasteiger partial charge in [0.25, 0.3) is 10.0 Å².